The SMILES string of the molecule is CNCC1CN(C(C)(C)C)C(C)(C)CN1C. The molecule has 0 saturated carbocycles. The average Bonchev–Trinajstić information content (AvgIpc) is 2.06. The molecule has 3 nitrogen and oxygen atoms in total. The summed E-state index contributed by atoms with van der Waals surface area (Å²) in [7, 11) is 4.28. The van der Waals surface area contributed by atoms with E-state index in [1.807, 2.05) is 7.05 Å². The fourth-order valence-corrected chi connectivity index (χ4v) is 3.06. The lowest BCUT2D eigenvalue weighted by atomic mass is 9.89. The Balaban J connectivity index is 2.82. The number of hydrogen-bond acceptors (Lipinski definition) is 3. The van der Waals surface area contributed by atoms with Gasteiger partial charge >= 0.3 is 0 Å². The number of rotatable bonds is 2. The van der Waals surface area contributed by atoms with Crippen LogP contribution in [0.25, 0.3) is 0 Å². The second kappa shape index (κ2) is 4.63. The maximum absolute atomic E-state index is 3.30. The maximum atomic E-state index is 3.30. The Kier molecular flexibility index (Phi) is 4.04. The van der Waals surface area contributed by atoms with E-state index in [9.17, 15) is 0 Å². The Morgan fingerprint density at radius 3 is 2.31 bits per heavy atom. The molecule has 0 radical (unpaired) electrons. The van der Waals surface area contributed by atoms with E-state index in [-0.39, 0.29) is 11.1 Å². The summed E-state index contributed by atoms with van der Waals surface area (Å²) in [5, 5.41) is 3.30. The van der Waals surface area contributed by atoms with Crippen LogP contribution in [-0.4, -0.2) is 60.6 Å². The number of piperazine rings is 1. The van der Waals surface area contributed by atoms with Crippen molar-refractivity contribution in [1.82, 2.24) is 15.1 Å². The van der Waals surface area contributed by atoms with Gasteiger partial charge in [-0.3, -0.25) is 9.80 Å². The molecule has 0 aromatic heterocycles. The summed E-state index contributed by atoms with van der Waals surface area (Å²) < 4.78 is 0. The summed E-state index contributed by atoms with van der Waals surface area (Å²) in [6.07, 6.45) is 0. The highest BCUT2D eigenvalue weighted by atomic mass is 15.4. The third kappa shape index (κ3) is 2.96. The zero-order chi connectivity index (χ0) is 12.6. The lowest BCUT2D eigenvalue weighted by Crippen LogP contribution is -2.68. The molecule has 1 aliphatic heterocycles. The molecule has 16 heavy (non-hydrogen) atoms. The van der Waals surface area contributed by atoms with Gasteiger partial charge in [0.1, 0.15) is 0 Å². The standard InChI is InChI=1S/C13H29N3/c1-12(2,3)16-9-11(8-14-6)15(7)10-13(16,4)5/h11,14H,8-10H2,1-7H3. The molecule has 0 aliphatic carbocycles. The predicted octanol–water partition coefficient (Wildman–Crippen LogP) is 1.40. The summed E-state index contributed by atoms with van der Waals surface area (Å²) in [5.74, 6) is 0. The van der Waals surface area contributed by atoms with Crippen LogP contribution in [-0.2, 0) is 0 Å². The summed E-state index contributed by atoms with van der Waals surface area (Å²) >= 11 is 0. The monoisotopic (exact) mass is 227 g/mol. The molecule has 1 saturated heterocycles. The second-order valence-corrected chi connectivity index (χ2v) is 6.72. The predicted molar refractivity (Wildman–Crippen MR) is 70.9 cm³/mol. The van der Waals surface area contributed by atoms with Gasteiger partial charge in [-0.25, -0.2) is 0 Å². The molecule has 0 aromatic rings. The Labute approximate surface area is 101 Å². The van der Waals surface area contributed by atoms with E-state index in [4.69, 9.17) is 0 Å². The third-order valence-electron chi connectivity index (χ3n) is 3.63. The summed E-state index contributed by atoms with van der Waals surface area (Å²) in [6.45, 7) is 15.0. The first-order valence-corrected chi connectivity index (χ1v) is 6.31. The molecule has 1 fully saturated rings. The Hall–Kier alpha value is -0.120. The van der Waals surface area contributed by atoms with E-state index in [0.29, 0.717) is 6.04 Å². The van der Waals surface area contributed by atoms with Crippen molar-refractivity contribution in [1.29, 1.82) is 0 Å². The van der Waals surface area contributed by atoms with Crippen LogP contribution in [0.4, 0.5) is 0 Å². The van der Waals surface area contributed by atoms with Crippen LogP contribution >= 0.6 is 0 Å². The molecule has 0 bridgehead atoms. The van der Waals surface area contributed by atoms with Crippen molar-refractivity contribution in [3.05, 3.63) is 0 Å². The van der Waals surface area contributed by atoms with Gasteiger partial charge in [-0.1, -0.05) is 0 Å². The van der Waals surface area contributed by atoms with Gasteiger partial charge in [0.2, 0.25) is 0 Å². The van der Waals surface area contributed by atoms with Crippen molar-refractivity contribution in [2.45, 2.75) is 51.7 Å². The van der Waals surface area contributed by atoms with Crippen LogP contribution in [0.1, 0.15) is 34.6 Å². The van der Waals surface area contributed by atoms with Gasteiger partial charge in [-0.15, -0.1) is 0 Å². The van der Waals surface area contributed by atoms with Gasteiger partial charge in [-0.05, 0) is 48.7 Å². The first-order valence-electron chi connectivity index (χ1n) is 6.31. The smallest absolute Gasteiger partial charge is 0.0345 e. The average molecular weight is 227 g/mol. The number of likely N-dealkylation sites (N-methyl/N-ethyl adjacent to an activating group) is 2. The molecule has 1 N–H and O–H groups in total. The van der Waals surface area contributed by atoms with E-state index in [2.05, 4.69) is 56.8 Å². The molecule has 3 heteroatoms. The molecule has 1 rings (SSSR count). The van der Waals surface area contributed by atoms with Crippen molar-refractivity contribution in [2.24, 2.45) is 0 Å². The quantitative estimate of drug-likeness (QED) is 0.769. The minimum absolute atomic E-state index is 0.247. The van der Waals surface area contributed by atoms with Gasteiger partial charge in [-0.2, -0.15) is 0 Å². The molecular formula is C13H29N3. The van der Waals surface area contributed by atoms with E-state index in [1.54, 1.807) is 0 Å². The van der Waals surface area contributed by atoms with Crippen molar-refractivity contribution >= 4 is 0 Å². The summed E-state index contributed by atoms with van der Waals surface area (Å²) in [6, 6.07) is 0.622. The van der Waals surface area contributed by atoms with Crippen molar-refractivity contribution in [2.75, 3.05) is 33.7 Å². The van der Waals surface area contributed by atoms with E-state index >= 15 is 0 Å². The highest BCUT2D eigenvalue weighted by molar-refractivity contribution is 4.99. The molecular weight excluding hydrogens is 198 g/mol. The Bertz CT molecular complexity index is 230. The second-order valence-electron chi connectivity index (χ2n) is 6.72. The lowest BCUT2D eigenvalue weighted by Gasteiger charge is -2.55. The van der Waals surface area contributed by atoms with Gasteiger partial charge in [0.15, 0.2) is 0 Å². The zero-order valence-corrected chi connectivity index (χ0v) is 12.1. The minimum Gasteiger partial charge on any atom is -0.318 e. The highest BCUT2D eigenvalue weighted by Crippen LogP contribution is 2.30. The minimum atomic E-state index is 0.247. The number of hydrogen-bond donors (Lipinski definition) is 1. The van der Waals surface area contributed by atoms with Crippen LogP contribution in [0.15, 0.2) is 0 Å². The molecule has 1 unspecified atom stereocenters. The molecule has 0 amide bonds. The van der Waals surface area contributed by atoms with Crippen LogP contribution in [0.5, 0.6) is 0 Å². The molecule has 0 aromatic carbocycles. The lowest BCUT2D eigenvalue weighted by molar-refractivity contribution is -0.0566. The largest absolute Gasteiger partial charge is 0.318 e. The van der Waals surface area contributed by atoms with Crippen LogP contribution < -0.4 is 5.32 Å². The van der Waals surface area contributed by atoms with Gasteiger partial charge in [0.05, 0.1) is 0 Å². The fraction of sp³-hybridized carbons (Fsp3) is 1.00. The first-order chi connectivity index (χ1) is 7.18. The number of nitrogens with one attached hydrogen (secondary N) is 1. The van der Waals surface area contributed by atoms with Crippen molar-refractivity contribution < 1.29 is 0 Å². The van der Waals surface area contributed by atoms with Crippen LogP contribution in [0.3, 0.4) is 0 Å². The highest BCUT2D eigenvalue weighted by Gasteiger charge is 2.41. The topological polar surface area (TPSA) is 18.5 Å². The van der Waals surface area contributed by atoms with E-state index in [0.717, 1.165) is 19.6 Å². The number of nitrogens with zero attached hydrogens (tertiary/aromatic N) is 2. The summed E-state index contributed by atoms with van der Waals surface area (Å²) in [4.78, 5) is 5.13. The first kappa shape index (κ1) is 13.9. The van der Waals surface area contributed by atoms with E-state index < -0.39 is 0 Å². The third-order valence-corrected chi connectivity index (χ3v) is 3.63. The van der Waals surface area contributed by atoms with Gasteiger partial charge < -0.3 is 5.32 Å². The van der Waals surface area contributed by atoms with Gasteiger partial charge in [0, 0.05) is 36.8 Å². The van der Waals surface area contributed by atoms with Crippen LogP contribution in [0, 0.1) is 0 Å². The molecule has 0 spiro atoms. The van der Waals surface area contributed by atoms with Crippen LogP contribution in [0.2, 0.25) is 0 Å². The summed E-state index contributed by atoms with van der Waals surface area (Å²) in [5.41, 5.74) is 0.508. The molecule has 96 valence electrons. The van der Waals surface area contributed by atoms with Gasteiger partial charge in [0.25, 0.3) is 0 Å². The van der Waals surface area contributed by atoms with Crippen molar-refractivity contribution in [3.63, 3.8) is 0 Å². The Morgan fingerprint density at radius 1 is 1.31 bits per heavy atom. The molecule has 1 heterocycles. The fourth-order valence-electron chi connectivity index (χ4n) is 3.06. The van der Waals surface area contributed by atoms with E-state index in [1.165, 1.54) is 0 Å². The normalized spacial score (nSPS) is 28.3. The molecule has 1 aliphatic rings. The Morgan fingerprint density at radius 2 is 1.88 bits per heavy atom. The zero-order valence-electron chi connectivity index (χ0n) is 12.1. The molecule has 1 atom stereocenters. The van der Waals surface area contributed by atoms with Crippen molar-refractivity contribution in [3.8, 4) is 0 Å². The maximum Gasteiger partial charge on any atom is 0.0345 e.